The van der Waals surface area contributed by atoms with E-state index in [4.69, 9.17) is 17.3 Å². The first-order valence-electron chi connectivity index (χ1n) is 6.13. The van der Waals surface area contributed by atoms with Crippen LogP contribution in [-0.4, -0.2) is 11.8 Å². The Bertz CT molecular complexity index is 575. The molecule has 1 unspecified atom stereocenters. The Morgan fingerprint density at radius 1 is 1.10 bits per heavy atom. The van der Waals surface area contributed by atoms with Crippen molar-refractivity contribution in [2.24, 2.45) is 5.73 Å². The monoisotopic (exact) mass is 313 g/mol. The van der Waals surface area contributed by atoms with Gasteiger partial charge in [0.15, 0.2) is 0 Å². The van der Waals surface area contributed by atoms with Crippen LogP contribution in [0.2, 0.25) is 5.02 Å². The molecule has 2 rings (SSSR count). The average Bonchev–Trinajstić information content (AvgIpc) is 2.43. The van der Waals surface area contributed by atoms with Crippen LogP contribution in [0.3, 0.4) is 0 Å². The van der Waals surface area contributed by atoms with Crippen LogP contribution < -0.4 is 5.73 Å². The second-order valence-corrected chi connectivity index (χ2v) is 5.94. The lowest BCUT2D eigenvalue weighted by molar-refractivity contribution is 0.598. The van der Waals surface area contributed by atoms with Gasteiger partial charge in [-0.25, -0.2) is 8.78 Å². The van der Waals surface area contributed by atoms with Gasteiger partial charge < -0.3 is 5.73 Å². The van der Waals surface area contributed by atoms with E-state index in [1.807, 2.05) is 0 Å². The molecule has 0 aliphatic carbocycles. The summed E-state index contributed by atoms with van der Waals surface area (Å²) in [5.41, 5.74) is 6.52. The molecule has 0 fully saturated rings. The van der Waals surface area contributed by atoms with Gasteiger partial charge in [0.2, 0.25) is 0 Å². The zero-order chi connectivity index (χ0) is 14.5. The molecule has 1 nitrogen and oxygen atoms in total. The standard InChI is InChI=1S/C15H14ClF2NS/c16-14-3-1-2-10(15(14)18)8-12(19)9-20-13-6-4-11(17)5-7-13/h1-7,12H,8-9,19H2. The van der Waals surface area contributed by atoms with Gasteiger partial charge in [0.25, 0.3) is 0 Å². The maximum absolute atomic E-state index is 13.7. The van der Waals surface area contributed by atoms with Crippen molar-refractivity contribution in [2.45, 2.75) is 17.4 Å². The van der Waals surface area contributed by atoms with Crippen molar-refractivity contribution in [2.75, 3.05) is 5.75 Å². The third-order valence-corrected chi connectivity index (χ3v) is 4.28. The summed E-state index contributed by atoms with van der Waals surface area (Å²) in [5.74, 6) is -0.0477. The van der Waals surface area contributed by atoms with Crippen LogP contribution in [0.4, 0.5) is 8.78 Å². The highest BCUT2D eigenvalue weighted by molar-refractivity contribution is 7.99. The fraction of sp³-hybridized carbons (Fsp3) is 0.200. The van der Waals surface area contributed by atoms with Crippen molar-refractivity contribution < 1.29 is 8.78 Å². The molecule has 0 aliphatic rings. The lowest BCUT2D eigenvalue weighted by atomic mass is 10.1. The van der Waals surface area contributed by atoms with Crippen LogP contribution in [0.1, 0.15) is 5.56 Å². The van der Waals surface area contributed by atoms with Gasteiger partial charge in [-0.15, -0.1) is 11.8 Å². The molecular weight excluding hydrogens is 300 g/mol. The molecule has 0 saturated carbocycles. The average molecular weight is 314 g/mol. The topological polar surface area (TPSA) is 26.0 Å². The van der Waals surface area contributed by atoms with E-state index in [1.54, 1.807) is 24.3 Å². The second kappa shape index (κ2) is 7.07. The first-order valence-corrected chi connectivity index (χ1v) is 7.49. The molecule has 0 radical (unpaired) electrons. The van der Waals surface area contributed by atoms with E-state index in [9.17, 15) is 8.78 Å². The summed E-state index contributed by atoms with van der Waals surface area (Å²) in [6, 6.07) is 10.9. The molecule has 2 aromatic rings. The predicted octanol–water partition coefficient (Wildman–Crippen LogP) is 4.28. The summed E-state index contributed by atoms with van der Waals surface area (Å²) in [6.07, 6.45) is 0.417. The minimum Gasteiger partial charge on any atom is -0.327 e. The van der Waals surface area contributed by atoms with Crippen molar-refractivity contribution in [3.8, 4) is 0 Å². The van der Waals surface area contributed by atoms with Crippen molar-refractivity contribution in [1.82, 2.24) is 0 Å². The first kappa shape index (κ1) is 15.3. The molecular formula is C15H14ClF2NS. The number of hydrogen-bond donors (Lipinski definition) is 1. The number of thioether (sulfide) groups is 1. The molecule has 0 heterocycles. The summed E-state index contributed by atoms with van der Waals surface area (Å²) in [7, 11) is 0. The summed E-state index contributed by atoms with van der Waals surface area (Å²) >= 11 is 7.25. The fourth-order valence-electron chi connectivity index (χ4n) is 1.78. The third-order valence-electron chi connectivity index (χ3n) is 2.79. The van der Waals surface area contributed by atoms with E-state index >= 15 is 0 Å². The van der Waals surface area contributed by atoms with Gasteiger partial charge >= 0.3 is 0 Å². The Morgan fingerprint density at radius 2 is 1.80 bits per heavy atom. The van der Waals surface area contributed by atoms with Crippen LogP contribution in [-0.2, 0) is 6.42 Å². The van der Waals surface area contributed by atoms with E-state index in [2.05, 4.69) is 0 Å². The summed E-state index contributed by atoms with van der Waals surface area (Å²) in [5, 5.41) is 0.112. The smallest absolute Gasteiger partial charge is 0.145 e. The Balaban J connectivity index is 1.91. The first-order chi connectivity index (χ1) is 9.56. The maximum atomic E-state index is 13.7. The molecule has 2 N–H and O–H groups in total. The van der Waals surface area contributed by atoms with E-state index < -0.39 is 5.82 Å². The molecule has 0 spiro atoms. The molecule has 0 amide bonds. The van der Waals surface area contributed by atoms with E-state index in [0.29, 0.717) is 17.7 Å². The SMILES string of the molecule is NC(CSc1ccc(F)cc1)Cc1cccc(Cl)c1F. The Labute approximate surface area is 126 Å². The molecule has 0 bridgehead atoms. The summed E-state index contributed by atoms with van der Waals surface area (Å²) in [4.78, 5) is 0.938. The normalized spacial score (nSPS) is 12.4. The molecule has 20 heavy (non-hydrogen) atoms. The highest BCUT2D eigenvalue weighted by Crippen LogP contribution is 2.22. The number of hydrogen-bond acceptors (Lipinski definition) is 2. The van der Waals surface area contributed by atoms with Crippen LogP contribution in [0.15, 0.2) is 47.4 Å². The van der Waals surface area contributed by atoms with Crippen molar-refractivity contribution in [3.05, 3.63) is 64.7 Å². The lowest BCUT2D eigenvalue weighted by Crippen LogP contribution is -2.26. The highest BCUT2D eigenvalue weighted by atomic mass is 35.5. The molecule has 0 aromatic heterocycles. The zero-order valence-electron chi connectivity index (χ0n) is 10.7. The second-order valence-electron chi connectivity index (χ2n) is 4.44. The van der Waals surface area contributed by atoms with E-state index in [0.717, 1.165) is 4.90 Å². The van der Waals surface area contributed by atoms with Crippen LogP contribution >= 0.6 is 23.4 Å². The van der Waals surface area contributed by atoms with Gasteiger partial charge in [0, 0.05) is 16.7 Å². The number of nitrogens with two attached hydrogens (primary N) is 1. The van der Waals surface area contributed by atoms with E-state index in [-0.39, 0.29) is 16.9 Å². The quantitative estimate of drug-likeness (QED) is 0.834. The van der Waals surface area contributed by atoms with Gasteiger partial charge in [0.1, 0.15) is 11.6 Å². The minimum atomic E-state index is -0.406. The maximum Gasteiger partial charge on any atom is 0.145 e. The van der Waals surface area contributed by atoms with Crippen LogP contribution in [0, 0.1) is 11.6 Å². The van der Waals surface area contributed by atoms with Crippen molar-refractivity contribution >= 4 is 23.4 Å². The zero-order valence-corrected chi connectivity index (χ0v) is 12.2. The third kappa shape index (κ3) is 4.20. The van der Waals surface area contributed by atoms with Gasteiger partial charge in [-0.3, -0.25) is 0 Å². The number of rotatable bonds is 5. The minimum absolute atomic E-state index is 0.112. The van der Waals surface area contributed by atoms with Gasteiger partial charge in [-0.05, 0) is 42.3 Å². The predicted molar refractivity (Wildman–Crippen MR) is 80.2 cm³/mol. The Hall–Kier alpha value is -1.10. The summed E-state index contributed by atoms with van der Waals surface area (Å²) in [6.45, 7) is 0. The molecule has 106 valence electrons. The van der Waals surface area contributed by atoms with Gasteiger partial charge in [-0.1, -0.05) is 23.7 Å². The van der Waals surface area contributed by atoms with Crippen LogP contribution in [0.25, 0.3) is 0 Å². The van der Waals surface area contributed by atoms with Crippen molar-refractivity contribution in [1.29, 1.82) is 0 Å². The Morgan fingerprint density at radius 3 is 2.50 bits per heavy atom. The number of benzene rings is 2. The van der Waals surface area contributed by atoms with Crippen molar-refractivity contribution in [3.63, 3.8) is 0 Å². The molecule has 0 aliphatic heterocycles. The Kier molecular flexibility index (Phi) is 5.40. The van der Waals surface area contributed by atoms with Crippen LogP contribution in [0.5, 0.6) is 0 Å². The molecule has 2 aromatic carbocycles. The molecule has 1 atom stereocenters. The van der Waals surface area contributed by atoms with Gasteiger partial charge in [0.05, 0.1) is 5.02 Å². The summed E-state index contributed by atoms with van der Waals surface area (Å²) < 4.78 is 26.5. The fourth-order valence-corrected chi connectivity index (χ4v) is 2.83. The highest BCUT2D eigenvalue weighted by Gasteiger charge is 2.11. The van der Waals surface area contributed by atoms with Gasteiger partial charge in [-0.2, -0.15) is 0 Å². The molecule has 5 heteroatoms. The number of halogens is 3. The lowest BCUT2D eigenvalue weighted by Gasteiger charge is -2.12. The van der Waals surface area contributed by atoms with E-state index in [1.165, 1.54) is 30.0 Å². The largest absolute Gasteiger partial charge is 0.327 e. The molecule has 0 saturated heterocycles.